The third-order valence-electron chi connectivity index (χ3n) is 2.27. The van der Waals surface area contributed by atoms with E-state index in [0.717, 1.165) is 26.2 Å². The fourth-order valence-electron chi connectivity index (χ4n) is 1.34. The van der Waals surface area contributed by atoms with Gasteiger partial charge in [-0.15, -0.1) is 0 Å². The lowest BCUT2D eigenvalue weighted by atomic mass is 10.2. The second-order valence-electron chi connectivity index (χ2n) is 3.41. The molecule has 0 aliphatic carbocycles. The SMILES string of the molecule is Cc1snc(SCc2ccccc2Cl)c1C#N. The van der Waals surface area contributed by atoms with Crippen LogP contribution in [0.25, 0.3) is 0 Å². The molecule has 0 bridgehead atoms. The van der Waals surface area contributed by atoms with Crippen LogP contribution < -0.4 is 0 Å². The van der Waals surface area contributed by atoms with Crippen molar-refractivity contribution in [3.05, 3.63) is 45.3 Å². The summed E-state index contributed by atoms with van der Waals surface area (Å²) in [5.41, 5.74) is 1.75. The molecule has 2 rings (SSSR count). The van der Waals surface area contributed by atoms with E-state index in [1.165, 1.54) is 11.5 Å². The van der Waals surface area contributed by atoms with Crippen LogP contribution in [0.4, 0.5) is 0 Å². The van der Waals surface area contributed by atoms with E-state index in [1.807, 2.05) is 31.2 Å². The summed E-state index contributed by atoms with van der Waals surface area (Å²) >= 11 is 8.99. The molecule has 0 unspecified atom stereocenters. The molecule has 0 saturated carbocycles. The molecule has 1 heterocycles. The molecule has 0 saturated heterocycles. The maximum Gasteiger partial charge on any atom is 0.128 e. The minimum atomic E-state index is 0.687. The van der Waals surface area contributed by atoms with Crippen molar-refractivity contribution >= 4 is 34.9 Å². The molecule has 0 aliphatic heterocycles. The molecule has 5 heteroatoms. The van der Waals surface area contributed by atoms with Gasteiger partial charge in [-0.05, 0) is 30.1 Å². The molecule has 0 fully saturated rings. The molecule has 1 aromatic carbocycles. The molecule has 0 radical (unpaired) electrons. The maximum absolute atomic E-state index is 9.02. The molecule has 1 aromatic heterocycles. The lowest BCUT2D eigenvalue weighted by Crippen LogP contribution is -1.84. The van der Waals surface area contributed by atoms with Gasteiger partial charge in [0.1, 0.15) is 11.1 Å². The highest BCUT2D eigenvalue weighted by atomic mass is 35.5. The zero-order valence-electron chi connectivity index (χ0n) is 9.11. The number of hydrogen-bond donors (Lipinski definition) is 0. The molecule has 0 aliphatic rings. The zero-order valence-corrected chi connectivity index (χ0v) is 11.5. The Morgan fingerprint density at radius 1 is 1.47 bits per heavy atom. The smallest absolute Gasteiger partial charge is 0.128 e. The average molecular weight is 281 g/mol. The summed E-state index contributed by atoms with van der Waals surface area (Å²) < 4.78 is 4.27. The quantitative estimate of drug-likeness (QED) is 0.788. The minimum Gasteiger partial charge on any atom is -0.192 e. The van der Waals surface area contributed by atoms with Gasteiger partial charge in [0.05, 0.1) is 5.56 Å². The van der Waals surface area contributed by atoms with E-state index in [1.54, 1.807) is 11.8 Å². The first-order chi connectivity index (χ1) is 8.22. The van der Waals surface area contributed by atoms with E-state index in [9.17, 15) is 0 Å². The fourth-order valence-corrected chi connectivity index (χ4v) is 3.44. The first kappa shape index (κ1) is 12.4. The summed E-state index contributed by atoms with van der Waals surface area (Å²) in [5.74, 6) is 0.734. The van der Waals surface area contributed by atoms with Gasteiger partial charge in [0.2, 0.25) is 0 Å². The first-order valence-corrected chi connectivity index (χ1v) is 7.08. The molecule has 0 amide bonds. The van der Waals surface area contributed by atoms with Crippen LogP contribution in [0.15, 0.2) is 29.3 Å². The summed E-state index contributed by atoms with van der Waals surface area (Å²) in [6, 6.07) is 9.91. The van der Waals surface area contributed by atoms with Crippen molar-refractivity contribution in [2.24, 2.45) is 0 Å². The van der Waals surface area contributed by atoms with Gasteiger partial charge >= 0.3 is 0 Å². The van der Waals surface area contributed by atoms with Gasteiger partial charge in [-0.25, -0.2) is 0 Å². The third-order valence-corrected chi connectivity index (χ3v) is 4.53. The van der Waals surface area contributed by atoms with Gasteiger partial charge in [0.25, 0.3) is 0 Å². The standard InChI is InChI=1S/C12H9ClN2S2/c1-8-10(6-14)12(15-17-8)16-7-9-4-2-3-5-11(9)13/h2-5H,7H2,1H3. The van der Waals surface area contributed by atoms with Crippen LogP contribution in [0.1, 0.15) is 16.0 Å². The Balaban J connectivity index is 2.13. The Morgan fingerprint density at radius 3 is 2.94 bits per heavy atom. The zero-order chi connectivity index (χ0) is 12.3. The molecule has 0 spiro atoms. The van der Waals surface area contributed by atoms with Crippen molar-refractivity contribution in [3.8, 4) is 6.07 Å². The number of rotatable bonds is 3. The number of hydrogen-bond acceptors (Lipinski definition) is 4. The Bertz CT molecular complexity index is 572. The van der Waals surface area contributed by atoms with E-state index in [0.29, 0.717) is 5.56 Å². The van der Waals surface area contributed by atoms with Crippen LogP contribution in [0, 0.1) is 18.3 Å². The largest absolute Gasteiger partial charge is 0.192 e. The Labute approximate surface area is 113 Å². The van der Waals surface area contributed by atoms with Crippen molar-refractivity contribution in [1.29, 1.82) is 5.26 Å². The second kappa shape index (κ2) is 5.54. The summed E-state index contributed by atoms with van der Waals surface area (Å²) in [4.78, 5) is 0.967. The topological polar surface area (TPSA) is 36.7 Å². The molecule has 0 atom stereocenters. The molecule has 2 aromatic rings. The van der Waals surface area contributed by atoms with Crippen LogP contribution in [-0.4, -0.2) is 4.37 Å². The number of thioether (sulfide) groups is 1. The number of nitrogens with zero attached hydrogens (tertiary/aromatic N) is 2. The van der Waals surface area contributed by atoms with Gasteiger partial charge in [-0.2, -0.15) is 9.64 Å². The Morgan fingerprint density at radius 2 is 2.24 bits per heavy atom. The summed E-state index contributed by atoms with van der Waals surface area (Å²) in [6.07, 6.45) is 0. The molecular weight excluding hydrogens is 272 g/mol. The molecule has 2 nitrogen and oxygen atoms in total. The minimum absolute atomic E-state index is 0.687. The predicted molar refractivity (Wildman–Crippen MR) is 72.6 cm³/mol. The normalized spacial score (nSPS) is 10.2. The van der Waals surface area contributed by atoms with Crippen LogP contribution in [0.5, 0.6) is 0 Å². The molecule has 0 N–H and O–H groups in total. The van der Waals surface area contributed by atoms with E-state index in [4.69, 9.17) is 16.9 Å². The van der Waals surface area contributed by atoms with Crippen molar-refractivity contribution in [1.82, 2.24) is 4.37 Å². The Hall–Kier alpha value is -1.02. The molecular formula is C12H9ClN2S2. The fraction of sp³-hybridized carbons (Fsp3) is 0.167. The lowest BCUT2D eigenvalue weighted by Gasteiger charge is -2.02. The van der Waals surface area contributed by atoms with Gasteiger partial charge in [0.15, 0.2) is 0 Å². The van der Waals surface area contributed by atoms with Crippen LogP contribution in [0.3, 0.4) is 0 Å². The monoisotopic (exact) mass is 280 g/mol. The maximum atomic E-state index is 9.02. The number of nitriles is 1. The number of aromatic nitrogens is 1. The lowest BCUT2D eigenvalue weighted by molar-refractivity contribution is 1.23. The summed E-state index contributed by atoms with van der Waals surface area (Å²) in [6.45, 7) is 1.91. The average Bonchev–Trinajstić information content (AvgIpc) is 2.69. The van der Waals surface area contributed by atoms with Crippen molar-refractivity contribution in [3.63, 3.8) is 0 Å². The van der Waals surface area contributed by atoms with Gasteiger partial charge < -0.3 is 0 Å². The highest BCUT2D eigenvalue weighted by Gasteiger charge is 2.11. The highest BCUT2D eigenvalue weighted by Crippen LogP contribution is 2.30. The predicted octanol–water partition coefficient (Wildman–Crippen LogP) is 4.27. The van der Waals surface area contributed by atoms with Crippen molar-refractivity contribution < 1.29 is 0 Å². The van der Waals surface area contributed by atoms with E-state index in [2.05, 4.69) is 10.4 Å². The highest BCUT2D eigenvalue weighted by molar-refractivity contribution is 7.98. The molecule has 86 valence electrons. The number of benzene rings is 1. The van der Waals surface area contributed by atoms with Gasteiger partial charge in [-0.1, -0.05) is 41.6 Å². The summed E-state index contributed by atoms with van der Waals surface area (Å²) in [7, 11) is 0. The molecule has 17 heavy (non-hydrogen) atoms. The van der Waals surface area contributed by atoms with Crippen LogP contribution >= 0.6 is 34.9 Å². The van der Waals surface area contributed by atoms with E-state index >= 15 is 0 Å². The van der Waals surface area contributed by atoms with Gasteiger partial charge in [0, 0.05) is 15.7 Å². The summed E-state index contributed by atoms with van der Waals surface area (Å²) in [5, 5.41) is 10.6. The van der Waals surface area contributed by atoms with Crippen molar-refractivity contribution in [2.45, 2.75) is 17.7 Å². The van der Waals surface area contributed by atoms with E-state index in [-0.39, 0.29) is 0 Å². The third kappa shape index (κ3) is 2.81. The van der Waals surface area contributed by atoms with Crippen LogP contribution in [0.2, 0.25) is 5.02 Å². The van der Waals surface area contributed by atoms with E-state index < -0.39 is 0 Å². The van der Waals surface area contributed by atoms with Crippen molar-refractivity contribution in [2.75, 3.05) is 0 Å². The Kier molecular flexibility index (Phi) is 4.06. The second-order valence-corrected chi connectivity index (χ2v) is 5.76. The first-order valence-electron chi connectivity index (χ1n) is 4.95. The van der Waals surface area contributed by atoms with Gasteiger partial charge in [-0.3, -0.25) is 0 Å². The van der Waals surface area contributed by atoms with Crippen LogP contribution in [-0.2, 0) is 5.75 Å². The number of halogens is 1. The number of aryl methyl sites for hydroxylation is 1.